The van der Waals surface area contributed by atoms with Crippen molar-refractivity contribution in [2.75, 3.05) is 7.11 Å². The highest BCUT2D eigenvalue weighted by molar-refractivity contribution is 6.51. The van der Waals surface area contributed by atoms with Gasteiger partial charge in [-0.1, -0.05) is 0 Å². The molecule has 0 aliphatic carbocycles. The van der Waals surface area contributed by atoms with E-state index in [1.807, 2.05) is 0 Å². The smallest absolute Gasteiger partial charge is 0.330 e. The molecule has 0 atom stereocenters. The van der Waals surface area contributed by atoms with Gasteiger partial charge in [0, 0.05) is 11.6 Å². The normalized spacial score (nSPS) is 10.2. The quantitative estimate of drug-likeness (QED) is 0.438. The van der Waals surface area contributed by atoms with Crippen molar-refractivity contribution in [2.45, 2.75) is 9.67 Å². The van der Waals surface area contributed by atoms with Crippen LogP contribution in [0.2, 0.25) is 0 Å². The molecule has 0 fully saturated rings. The van der Waals surface area contributed by atoms with E-state index in [9.17, 15) is 4.79 Å². The number of hydrogen-bond acceptors (Lipinski definition) is 2. The molecule has 6 heteroatoms. The first-order valence-electron chi connectivity index (χ1n) is 2.84. The van der Waals surface area contributed by atoms with Crippen molar-refractivity contribution in [3.63, 3.8) is 0 Å². The van der Waals surface area contributed by atoms with Gasteiger partial charge in [-0.15, -0.1) is 46.4 Å². The van der Waals surface area contributed by atoms with Gasteiger partial charge in [-0.05, 0) is 0 Å². The molecule has 0 heterocycles. The summed E-state index contributed by atoms with van der Waals surface area (Å²) in [5, 5.41) is 0. The Morgan fingerprint density at radius 3 is 1.92 bits per heavy atom. The lowest BCUT2D eigenvalue weighted by Gasteiger charge is -2.07. The highest BCUT2D eigenvalue weighted by atomic mass is 35.5. The van der Waals surface area contributed by atoms with Crippen LogP contribution in [0.15, 0.2) is 11.6 Å². The van der Waals surface area contributed by atoms with Gasteiger partial charge in [0.05, 0.1) is 7.11 Å². The first-order valence-corrected chi connectivity index (χ1v) is 4.59. The van der Waals surface area contributed by atoms with Gasteiger partial charge in [-0.3, -0.25) is 0 Å². The van der Waals surface area contributed by atoms with Crippen molar-refractivity contribution < 1.29 is 9.53 Å². The van der Waals surface area contributed by atoms with E-state index in [4.69, 9.17) is 46.4 Å². The topological polar surface area (TPSA) is 26.3 Å². The maximum absolute atomic E-state index is 10.7. The number of hydrogen-bond donors (Lipinski definition) is 0. The van der Waals surface area contributed by atoms with Gasteiger partial charge < -0.3 is 4.74 Å². The van der Waals surface area contributed by atoms with Gasteiger partial charge in [0.15, 0.2) is 0 Å². The molecule has 70 valence electrons. The van der Waals surface area contributed by atoms with E-state index >= 15 is 0 Å². The Hall–Kier alpha value is 0.370. The van der Waals surface area contributed by atoms with E-state index in [2.05, 4.69) is 4.74 Å². The summed E-state index contributed by atoms with van der Waals surface area (Å²) in [4.78, 5) is 8.87. The second kappa shape index (κ2) is 5.92. The zero-order chi connectivity index (χ0) is 9.72. The highest BCUT2D eigenvalue weighted by Gasteiger charge is 2.16. The predicted molar refractivity (Wildman–Crippen MR) is 51.1 cm³/mol. The summed E-state index contributed by atoms with van der Waals surface area (Å²) in [6.07, 6.45) is 1.06. The highest BCUT2D eigenvalue weighted by Crippen LogP contribution is 2.24. The lowest BCUT2D eigenvalue weighted by Crippen LogP contribution is -2.07. The van der Waals surface area contributed by atoms with Crippen LogP contribution >= 0.6 is 46.4 Å². The molecule has 0 saturated heterocycles. The molecule has 0 aromatic heterocycles. The minimum Gasteiger partial charge on any atom is -0.466 e. The lowest BCUT2D eigenvalue weighted by molar-refractivity contribution is -0.134. The molecule has 0 bridgehead atoms. The second-order valence-electron chi connectivity index (χ2n) is 1.77. The molecule has 0 aromatic rings. The summed E-state index contributed by atoms with van der Waals surface area (Å²) in [5.41, 5.74) is 0.202. The van der Waals surface area contributed by atoms with Crippen LogP contribution in [0, 0.1) is 0 Å². The van der Waals surface area contributed by atoms with E-state index in [1.165, 1.54) is 7.11 Å². The van der Waals surface area contributed by atoms with Gasteiger partial charge in [0.2, 0.25) is 0 Å². The fraction of sp³-hybridized carbons (Fsp3) is 0.500. The fourth-order valence-corrected chi connectivity index (χ4v) is 1.43. The van der Waals surface area contributed by atoms with Crippen LogP contribution in [-0.4, -0.2) is 22.8 Å². The average molecular weight is 252 g/mol. The molecule has 0 aromatic carbocycles. The monoisotopic (exact) mass is 250 g/mol. The van der Waals surface area contributed by atoms with Crippen molar-refractivity contribution >= 4 is 52.4 Å². The van der Waals surface area contributed by atoms with E-state index in [0.29, 0.717) is 0 Å². The van der Waals surface area contributed by atoms with Crippen LogP contribution in [0.3, 0.4) is 0 Å². The van der Waals surface area contributed by atoms with Gasteiger partial charge in [0.25, 0.3) is 0 Å². The number of allylic oxidation sites excluding steroid dienone is 1. The molecule has 0 saturated carbocycles. The molecule has 0 aliphatic heterocycles. The molecular weight excluding hydrogens is 246 g/mol. The van der Waals surface area contributed by atoms with Crippen molar-refractivity contribution in [2.24, 2.45) is 0 Å². The molecule has 0 aliphatic rings. The molecule has 0 unspecified atom stereocenters. The standard InChI is InChI=1S/C6H6Cl4O2/c1-12-4(11)2-3(5(7)8)6(9)10/h2,5-6H,1H3. The van der Waals surface area contributed by atoms with E-state index in [0.717, 1.165) is 6.08 Å². The van der Waals surface area contributed by atoms with Crippen LogP contribution < -0.4 is 0 Å². The molecule has 0 radical (unpaired) electrons. The number of carbonyl (C=O) groups excluding carboxylic acids is 1. The SMILES string of the molecule is COC(=O)C=C(C(Cl)Cl)C(Cl)Cl. The Kier molecular flexibility index (Phi) is 6.10. The Morgan fingerprint density at radius 2 is 1.67 bits per heavy atom. The summed E-state index contributed by atoms with van der Waals surface area (Å²) in [6, 6.07) is 0. The zero-order valence-corrected chi connectivity index (χ0v) is 9.08. The summed E-state index contributed by atoms with van der Waals surface area (Å²) in [6.45, 7) is 0. The van der Waals surface area contributed by atoms with E-state index < -0.39 is 15.6 Å². The number of rotatable bonds is 3. The van der Waals surface area contributed by atoms with Gasteiger partial charge in [-0.25, -0.2) is 4.79 Å². The van der Waals surface area contributed by atoms with Gasteiger partial charge in [-0.2, -0.15) is 0 Å². The van der Waals surface area contributed by atoms with Crippen molar-refractivity contribution in [3.8, 4) is 0 Å². The number of carbonyl (C=O) groups is 1. The summed E-state index contributed by atoms with van der Waals surface area (Å²) >= 11 is 21.8. The fourth-order valence-electron chi connectivity index (χ4n) is 0.416. The largest absolute Gasteiger partial charge is 0.466 e. The Labute approximate surface area is 90.4 Å². The van der Waals surface area contributed by atoms with Gasteiger partial charge in [0.1, 0.15) is 9.67 Å². The first kappa shape index (κ1) is 12.4. The maximum Gasteiger partial charge on any atom is 0.330 e. The van der Waals surface area contributed by atoms with Crippen molar-refractivity contribution in [3.05, 3.63) is 11.6 Å². The molecule has 0 amide bonds. The summed E-state index contributed by atoms with van der Waals surface area (Å²) in [5.74, 6) is -0.595. The van der Waals surface area contributed by atoms with E-state index in [-0.39, 0.29) is 5.57 Å². The summed E-state index contributed by atoms with van der Waals surface area (Å²) < 4.78 is 4.33. The zero-order valence-electron chi connectivity index (χ0n) is 6.06. The van der Waals surface area contributed by atoms with Crippen LogP contribution in [0.5, 0.6) is 0 Å². The van der Waals surface area contributed by atoms with E-state index in [1.54, 1.807) is 0 Å². The van der Waals surface area contributed by atoms with Crippen LogP contribution in [0.4, 0.5) is 0 Å². The molecule has 2 nitrogen and oxygen atoms in total. The predicted octanol–water partition coefficient (Wildman–Crippen LogP) is 2.69. The molecule has 0 N–H and O–H groups in total. The Bertz CT molecular complexity index is 178. The van der Waals surface area contributed by atoms with Crippen LogP contribution in [-0.2, 0) is 9.53 Å². The minimum absolute atomic E-state index is 0.202. The summed E-state index contributed by atoms with van der Waals surface area (Å²) in [7, 11) is 1.23. The van der Waals surface area contributed by atoms with Crippen LogP contribution in [0.1, 0.15) is 0 Å². The van der Waals surface area contributed by atoms with Crippen molar-refractivity contribution in [1.82, 2.24) is 0 Å². The molecule has 0 spiro atoms. The average Bonchev–Trinajstić information content (AvgIpc) is 1.98. The first-order chi connectivity index (χ1) is 5.49. The third kappa shape index (κ3) is 4.41. The minimum atomic E-state index is -0.913. The van der Waals surface area contributed by atoms with Crippen molar-refractivity contribution in [1.29, 1.82) is 0 Å². The number of halogens is 4. The molecule has 0 rings (SSSR count). The maximum atomic E-state index is 10.7. The third-order valence-electron chi connectivity index (χ3n) is 0.990. The van der Waals surface area contributed by atoms with Gasteiger partial charge >= 0.3 is 5.97 Å². The molecule has 12 heavy (non-hydrogen) atoms. The van der Waals surface area contributed by atoms with Crippen LogP contribution in [0.25, 0.3) is 0 Å². The number of esters is 1. The Morgan fingerprint density at radius 1 is 1.25 bits per heavy atom. The third-order valence-corrected chi connectivity index (χ3v) is 2.00. The molecular formula is C6H6Cl4O2. The number of alkyl halides is 4. The Balaban J connectivity index is 4.50. The number of ether oxygens (including phenoxy) is 1. The second-order valence-corrected chi connectivity index (χ2v) is 3.96. The lowest BCUT2D eigenvalue weighted by atomic mass is 10.3. The number of methoxy groups -OCH3 is 1.